The summed E-state index contributed by atoms with van der Waals surface area (Å²) in [6.07, 6.45) is 3.40. The number of hydrogen-bond acceptors (Lipinski definition) is 3. The minimum atomic E-state index is 0.522. The summed E-state index contributed by atoms with van der Waals surface area (Å²) in [6.45, 7) is 3.02. The molecule has 1 atom stereocenters. The molecule has 3 rings (SSSR count). The highest BCUT2D eigenvalue weighted by Crippen LogP contribution is 2.33. The van der Waals surface area contributed by atoms with Gasteiger partial charge in [0.25, 0.3) is 0 Å². The molecular formula is C15H20BrN3. The highest BCUT2D eigenvalue weighted by atomic mass is 79.9. The number of alkyl halides is 1. The van der Waals surface area contributed by atoms with Gasteiger partial charge in [0.2, 0.25) is 0 Å². The zero-order valence-electron chi connectivity index (χ0n) is 11.1. The Morgan fingerprint density at radius 3 is 3.16 bits per heavy atom. The molecule has 19 heavy (non-hydrogen) atoms. The SMILES string of the molecule is BrCCCNC1=NCCC2c3ccccc3CCN12. The first-order valence-electron chi connectivity index (χ1n) is 7.09. The van der Waals surface area contributed by atoms with Crippen LogP contribution in [0.4, 0.5) is 0 Å². The summed E-state index contributed by atoms with van der Waals surface area (Å²) in [5.41, 5.74) is 3.02. The predicted octanol–water partition coefficient (Wildman–Crippen LogP) is 2.72. The van der Waals surface area contributed by atoms with E-state index in [-0.39, 0.29) is 0 Å². The molecule has 0 bridgehead atoms. The molecule has 0 fully saturated rings. The molecule has 0 saturated carbocycles. The average Bonchev–Trinajstić information content (AvgIpc) is 2.47. The maximum Gasteiger partial charge on any atom is 0.194 e. The number of guanidine groups is 1. The Morgan fingerprint density at radius 2 is 2.26 bits per heavy atom. The molecule has 2 aliphatic rings. The lowest BCUT2D eigenvalue weighted by molar-refractivity contribution is 0.262. The Hall–Kier alpha value is -1.03. The van der Waals surface area contributed by atoms with Gasteiger partial charge >= 0.3 is 0 Å². The number of fused-ring (bicyclic) bond motifs is 3. The number of rotatable bonds is 3. The van der Waals surface area contributed by atoms with Crippen LogP contribution in [0.15, 0.2) is 29.3 Å². The molecule has 2 heterocycles. The third-order valence-electron chi connectivity index (χ3n) is 3.94. The van der Waals surface area contributed by atoms with Crippen molar-refractivity contribution in [3.63, 3.8) is 0 Å². The molecule has 3 nitrogen and oxygen atoms in total. The van der Waals surface area contributed by atoms with Crippen molar-refractivity contribution in [1.29, 1.82) is 0 Å². The largest absolute Gasteiger partial charge is 0.356 e. The van der Waals surface area contributed by atoms with Crippen LogP contribution in [0.3, 0.4) is 0 Å². The second-order valence-electron chi connectivity index (χ2n) is 5.12. The van der Waals surface area contributed by atoms with Crippen LogP contribution < -0.4 is 5.32 Å². The van der Waals surface area contributed by atoms with Crippen molar-refractivity contribution in [2.45, 2.75) is 25.3 Å². The van der Waals surface area contributed by atoms with Gasteiger partial charge in [-0.15, -0.1) is 0 Å². The standard InChI is InChI=1S/C15H20BrN3/c16-8-3-9-17-15-18-10-6-14-13-5-2-1-4-12(13)7-11-19(14)15/h1-2,4-5,14H,3,6-11H2,(H,17,18). The van der Waals surface area contributed by atoms with Crippen LogP contribution in [0, 0.1) is 0 Å². The number of aliphatic imine (C=N–C) groups is 1. The molecule has 0 radical (unpaired) electrons. The monoisotopic (exact) mass is 321 g/mol. The van der Waals surface area contributed by atoms with Crippen molar-refractivity contribution < 1.29 is 0 Å². The van der Waals surface area contributed by atoms with Crippen LogP contribution in [0.1, 0.15) is 30.0 Å². The number of nitrogens with one attached hydrogen (secondary N) is 1. The molecule has 1 unspecified atom stereocenters. The Bertz CT molecular complexity index is 472. The van der Waals surface area contributed by atoms with E-state index in [1.807, 2.05) is 0 Å². The Kier molecular flexibility index (Phi) is 4.06. The van der Waals surface area contributed by atoms with E-state index in [4.69, 9.17) is 0 Å². The van der Waals surface area contributed by atoms with Crippen molar-refractivity contribution in [2.75, 3.05) is 25.0 Å². The smallest absolute Gasteiger partial charge is 0.194 e. The minimum absolute atomic E-state index is 0.522. The molecule has 0 amide bonds. The zero-order valence-corrected chi connectivity index (χ0v) is 12.7. The predicted molar refractivity (Wildman–Crippen MR) is 82.9 cm³/mol. The maximum atomic E-state index is 4.67. The zero-order chi connectivity index (χ0) is 13.1. The molecule has 102 valence electrons. The summed E-state index contributed by atoms with van der Waals surface area (Å²) in [5.74, 6) is 1.10. The number of hydrogen-bond donors (Lipinski definition) is 1. The second-order valence-corrected chi connectivity index (χ2v) is 5.91. The van der Waals surface area contributed by atoms with E-state index in [0.717, 1.165) is 50.2 Å². The molecule has 0 aromatic heterocycles. The molecule has 4 heteroatoms. The molecule has 0 aliphatic carbocycles. The average molecular weight is 322 g/mol. The molecule has 0 saturated heterocycles. The van der Waals surface area contributed by atoms with Gasteiger partial charge in [-0.2, -0.15) is 0 Å². The van der Waals surface area contributed by atoms with E-state index < -0.39 is 0 Å². The van der Waals surface area contributed by atoms with Crippen LogP contribution in [0.2, 0.25) is 0 Å². The normalized spacial score (nSPS) is 21.4. The second kappa shape index (κ2) is 5.95. The van der Waals surface area contributed by atoms with Crippen LogP contribution >= 0.6 is 15.9 Å². The third-order valence-corrected chi connectivity index (χ3v) is 4.50. The van der Waals surface area contributed by atoms with Gasteiger partial charge in [0.05, 0.1) is 6.04 Å². The van der Waals surface area contributed by atoms with Gasteiger partial charge in [-0.05, 0) is 30.4 Å². The summed E-state index contributed by atoms with van der Waals surface area (Å²) in [5, 5.41) is 4.54. The van der Waals surface area contributed by atoms with Crippen LogP contribution in [-0.2, 0) is 6.42 Å². The summed E-state index contributed by atoms with van der Waals surface area (Å²) >= 11 is 3.47. The van der Waals surface area contributed by atoms with Gasteiger partial charge in [0, 0.05) is 25.0 Å². The first-order chi connectivity index (χ1) is 9.40. The fourth-order valence-electron chi connectivity index (χ4n) is 3.02. The number of benzene rings is 1. The quantitative estimate of drug-likeness (QED) is 0.684. The summed E-state index contributed by atoms with van der Waals surface area (Å²) in [4.78, 5) is 7.13. The lowest BCUT2D eigenvalue weighted by atomic mass is 9.90. The lowest BCUT2D eigenvalue weighted by Gasteiger charge is -2.41. The van der Waals surface area contributed by atoms with E-state index in [0.29, 0.717) is 6.04 Å². The van der Waals surface area contributed by atoms with Gasteiger partial charge in [-0.3, -0.25) is 4.99 Å². The first kappa shape index (κ1) is 13.0. The van der Waals surface area contributed by atoms with Crippen molar-refractivity contribution >= 4 is 21.9 Å². The van der Waals surface area contributed by atoms with Crippen molar-refractivity contribution in [1.82, 2.24) is 10.2 Å². The molecule has 2 aliphatic heterocycles. The Balaban J connectivity index is 1.77. The highest BCUT2D eigenvalue weighted by molar-refractivity contribution is 9.09. The third kappa shape index (κ3) is 2.64. The van der Waals surface area contributed by atoms with E-state index >= 15 is 0 Å². The van der Waals surface area contributed by atoms with Crippen molar-refractivity contribution in [3.05, 3.63) is 35.4 Å². The Morgan fingerprint density at radius 1 is 1.37 bits per heavy atom. The molecule has 1 aromatic rings. The summed E-state index contributed by atoms with van der Waals surface area (Å²) in [6, 6.07) is 9.39. The highest BCUT2D eigenvalue weighted by Gasteiger charge is 2.31. The topological polar surface area (TPSA) is 27.6 Å². The molecular weight excluding hydrogens is 302 g/mol. The van der Waals surface area contributed by atoms with E-state index in [1.54, 1.807) is 0 Å². The first-order valence-corrected chi connectivity index (χ1v) is 8.21. The van der Waals surface area contributed by atoms with Gasteiger partial charge in [-0.1, -0.05) is 40.2 Å². The van der Waals surface area contributed by atoms with E-state index in [2.05, 4.69) is 55.4 Å². The van der Waals surface area contributed by atoms with Gasteiger partial charge in [0.1, 0.15) is 0 Å². The summed E-state index contributed by atoms with van der Waals surface area (Å²) in [7, 11) is 0. The minimum Gasteiger partial charge on any atom is -0.356 e. The number of halogens is 1. The van der Waals surface area contributed by atoms with Crippen molar-refractivity contribution in [3.8, 4) is 0 Å². The van der Waals surface area contributed by atoms with Gasteiger partial charge < -0.3 is 10.2 Å². The van der Waals surface area contributed by atoms with Crippen molar-refractivity contribution in [2.24, 2.45) is 4.99 Å². The summed E-state index contributed by atoms with van der Waals surface area (Å²) < 4.78 is 0. The Labute approximate surface area is 123 Å². The molecule has 1 aromatic carbocycles. The fraction of sp³-hybridized carbons (Fsp3) is 0.533. The lowest BCUT2D eigenvalue weighted by Crippen LogP contribution is -2.49. The fourth-order valence-corrected chi connectivity index (χ4v) is 3.30. The van der Waals surface area contributed by atoms with E-state index in [9.17, 15) is 0 Å². The maximum absolute atomic E-state index is 4.67. The van der Waals surface area contributed by atoms with Gasteiger partial charge in [-0.25, -0.2) is 0 Å². The van der Waals surface area contributed by atoms with Crippen LogP contribution in [-0.4, -0.2) is 35.8 Å². The molecule has 1 N–H and O–H groups in total. The van der Waals surface area contributed by atoms with E-state index in [1.165, 1.54) is 11.1 Å². The molecule has 0 spiro atoms. The van der Waals surface area contributed by atoms with Crippen LogP contribution in [0.25, 0.3) is 0 Å². The van der Waals surface area contributed by atoms with Gasteiger partial charge in [0.15, 0.2) is 5.96 Å². The van der Waals surface area contributed by atoms with Crippen LogP contribution in [0.5, 0.6) is 0 Å². The number of nitrogens with zero attached hydrogens (tertiary/aromatic N) is 2.